The Labute approximate surface area is 123 Å². The average Bonchev–Trinajstić information content (AvgIpc) is 2.74. The van der Waals surface area contributed by atoms with Crippen molar-refractivity contribution in [3.8, 4) is 0 Å². The molecule has 1 atom stereocenters. The lowest BCUT2D eigenvalue weighted by atomic mass is 10.0. The molecule has 0 saturated carbocycles. The van der Waals surface area contributed by atoms with Crippen LogP contribution in [0.5, 0.6) is 0 Å². The van der Waals surface area contributed by atoms with Crippen LogP contribution in [0.1, 0.15) is 45.6 Å². The number of carbonyl (C=O) groups excluding carboxylic acids is 1. The molecule has 0 spiro atoms. The molecule has 0 bridgehead atoms. The highest BCUT2D eigenvalue weighted by Crippen LogP contribution is 2.27. The Balaban J connectivity index is 0.00000176. The summed E-state index contributed by atoms with van der Waals surface area (Å²) < 4.78 is 6.77. The Kier molecular flexibility index (Phi) is 3.20. The zero-order valence-electron chi connectivity index (χ0n) is 12.2. The zero-order chi connectivity index (χ0) is 15.1. The summed E-state index contributed by atoms with van der Waals surface area (Å²) in [5.41, 5.74) is 2.99. The number of aromatic nitrogens is 1. The van der Waals surface area contributed by atoms with Crippen LogP contribution in [0, 0.1) is 0 Å². The normalized spacial score (nSPS) is 19.3. The van der Waals surface area contributed by atoms with Gasteiger partial charge in [0, 0.05) is 7.12 Å². The van der Waals surface area contributed by atoms with Crippen molar-refractivity contribution in [3.63, 3.8) is 0 Å². The maximum Gasteiger partial charge on any atom is 0.420 e. The first kappa shape index (κ1) is 13.7. The number of oxazole rings is 1. The summed E-state index contributed by atoms with van der Waals surface area (Å²) in [6.07, 6.45) is 1.23. The molecular weight excluding hydrogens is 268 g/mol. The molecule has 1 saturated heterocycles. The van der Waals surface area contributed by atoms with Crippen molar-refractivity contribution in [3.05, 3.63) is 46.6 Å². The predicted octanol–water partition coefficient (Wildman–Crippen LogP) is 2.93. The van der Waals surface area contributed by atoms with E-state index in [1.165, 1.54) is 4.57 Å². The quantitative estimate of drug-likeness (QED) is 0.924. The van der Waals surface area contributed by atoms with E-state index in [9.17, 15) is 9.59 Å². The van der Waals surface area contributed by atoms with E-state index in [1.54, 1.807) is 0 Å². The third-order valence-electron chi connectivity index (χ3n) is 3.94. The third-order valence-corrected chi connectivity index (χ3v) is 3.94. The van der Waals surface area contributed by atoms with Crippen LogP contribution in [0.3, 0.4) is 0 Å². The van der Waals surface area contributed by atoms with Gasteiger partial charge < -0.3 is 9.73 Å². The minimum atomic E-state index is -0.533. The maximum atomic E-state index is 12.1. The van der Waals surface area contributed by atoms with E-state index in [2.05, 4.69) is 25.7 Å². The second kappa shape index (κ2) is 4.91. The van der Waals surface area contributed by atoms with Crippen molar-refractivity contribution < 1.29 is 10.6 Å². The van der Waals surface area contributed by atoms with Crippen LogP contribution in [0.4, 0.5) is 0 Å². The minimum Gasteiger partial charge on any atom is -0.408 e. The van der Waals surface area contributed by atoms with Gasteiger partial charge >= 0.3 is 5.76 Å². The summed E-state index contributed by atoms with van der Waals surface area (Å²) in [6, 6.07) is 5.16. The number of nitrogens with one attached hydrogen (secondary N) is 1. The minimum absolute atomic E-state index is 0. The van der Waals surface area contributed by atoms with Crippen LogP contribution in [0.2, 0.25) is 0 Å². The fraction of sp³-hybridized carbons (Fsp3) is 0.375. The Morgan fingerprint density at radius 1 is 1.43 bits per heavy atom. The van der Waals surface area contributed by atoms with Gasteiger partial charge in [0.25, 0.3) is 0 Å². The molecule has 2 aromatic rings. The monoisotopic (exact) mass is 288 g/mol. The van der Waals surface area contributed by atoms with Crippen LogP contribution in [-0.2, 0) is 4.79 Å². The number of carbonyl (C=O) groups is 1. The van der Waals surface area contributed by atoms with Gasteiger partial charge in [-0.1, -0.05) is 26.5 Å². The van der Waals surface area contributed by atoms with Gasteiger partial charge in [-0.3, -0.25) is 9.36 Å². The molecule has 1 fully saturated rings. The van der Waals surface area contributed by atoms with Crippen molar-refractivity contribution in [1.82, 2.24) is 9.88 Å². The van der Waals surface area contributed by atoms with Gasteiger partial charge in [-0.2, -0.15) is 0 Å². The van der Waals surface area contributed by atoms with Crippen LogP contribution in [-0.4, -0.2) is 10.5 Å². The van der Waals surface area contributed by atoms with Crippen LogP contribution in [0.15, 0.2) is 39.7 Å². The van der Waals surface area contributed by atoms with Gasteiger partial charge in [0.15, 0.2) is 5.58 Å². The fourth-order valence-corrected chi connectivity index (χ4v) is 2.72. The van der Waals surface area contributed by atoms with E-state index in [4.69, 9.17) is 4.42 Å². The molecule has 112 valence electrons. The van der Waals surface area contributed by atoms with Crippen LogP contribution >= 0.6 is 0 Å². The molecule has 5 nitrogen and oxygen atoms in total. The number of fused-ring (bicyclic) bond motifs is 1. The van der Waals surface area contributed by atoms with E-state index < -0.39 is 11.8 Å². The van der Waals surface area contributed by atoms with Crippen molar-refractivity contribution in [2.45, 2.75) is 38.6 Å². The molecule has 1 amide bonds. The molecule has 0 aliphatic carbocycles. The molecule has 2 heterocycles. The summed E-state index contributed by atoms with van der Waals surface area (Å²) in [7, 11) is 0. The smallest absolute Gasteiger partial charge is 0.408 e. The molecular formula is C16H20N2O3. The van der Waals surface area contributed by atoms with Gasteiger partial charge in [0.2, 0.25) is 5.91 Å². The lowest BCUT2D eigenvalue weighted by molar-refractivity contribution is -0.124. The van der Waals surface area contributed by atoms with Gasteiger partial charge in [-0.25, -0.2) is 4.79 Å². The van der Waals surface area contributed by atoms with Crippen molar-refractivity contribution in [1.29, 1.82) is 0 Å². The first-order chi connectivity index (χ1) is 9.97. The molecule has 1 aromatic heterocycles. The molecule has 3 rings (SSSR count). The van der Waals surface area contributed by atoms with Crippen LogP contribution < -0.4 is 11.1 Å². The second-order valence-corrected chi connectivity index (χ2v) is 5.77. The highest BCUT2D eigenvalue weighted by molar-refractivity contribution is 5.85. The van der Waals surface area contributed by atoms with Gasteiger partial charge in [-0.15, -0.1) is 0 Å². The number of nitrogens with zero attached hydrogens (tertiary/aromatic N) is 1. The van der Waals surface area contributed by atoms with Crippen molar-refractivity contribution in [2.75, 3.05) is 0 Å². The number of hydrogen-bond acceptors (Lipinski definition) is 3. The average molecular weight is 288 g/mol. The van der Waals surface area contributed by atoms with Crippen molar-refractivity contribution in [2.24, 2.45) is 0 Å². The number of hydrogen-bond donors (Lipinski definition) is 1. The third kappa shape index (κ3) is 2.28. The Bertz CT molecular complexity index is 788. The lowest BCUT2D eigenvalue weighted by Gasteiger charge is -2.23. The highest BCUT2D eigenvalue weighted by atomic mass is 16.4. The van der Waals surface area contributed by atoms with E-state index in [1.807, 2.05) is 18.2 Å². The van der Waals surface area contributed by atoms with E-state index in [0.29, 0.717) is 35.6 Å². The SMILES string of the molecule is C=C1CC[C@H](n2c(=O)oc3cc(C(C)C)ccc32)C(=O)N1.[HH]. The topological polar surface area (TPSA) is 64.2 Å². The summed E-state index contributed by atoms with van der Waals surface area (Å²) in [4.78, 5) is 24.2. The molecule has 1 aliphatic rings. The number of amides is 1. The highest BCUT2D eigenvalue weighted by Gasteiger charge is 2.29. The summed E-state index contributed by atoms with van der Waals surface area (Å²) >= 11 is 0. The largest absolute Gasteiger partial charge is 0.420 e. The first-order valence-electron chi connectivity index (χ1n) is 7.11. The number of benzene rings is 1. The molecule has 1 N–H and O–H groups in total. The molecule has 0 radical (unpaired) electrons. The lowest BCUT2D eigenvalue weighted by Crippen LogP contribution is -2.39. The second-order valence-electron chi connectivity index (χ2n) is 5.77. The fourth-order valence-electron chi connectivity index (χ4n) is 2.72. The van der Waals surface area contributed by atoms with Gasteiger partial charge in [0.05, 0.1) is 5.52 Å². The first-order valence-corrected chi connectivity index (χ1v) is 7.11. The Morgan fingerprint density at radius 2 is 2.19 bits per heavy atom. The Morgan fingerprint density at radius 3 is 2.86 bits per heavy atom. The predicted molar refractivity (Wildman–Crippen MR) is 82.2 cm³/mol. The Hall–Kier alpha value is -2.30. The van der Waals surface area contributed by atoms with Crippen LogP contribution in [0.25, 0.3) is 11.1 Å². The van der Waals surface area contributed by atoms with E-state index in [0.717, 1.165) is 5.56 Å². The maximum absolute atomic E-state index is 12.1. The number of allylic oxidation sites excluding steroid dienone is 1. The molecule has 1 aromatic carbocycles. The number of piperidine rings is 1. The molecule has 21 heavy (non-hydrogen) atoms. The van der Waals surface area contributed by atoms with Crippen molar-refractivity contribution >= 4 is 17.0 Å². The summed E-state index contributed by atoms with van der Waals surface area (Å²) in [6.45, 7) is 7.91. The summed E-state index contributed by atoms with van der Waals surface area (Å²) in [5.74, 6) is -0.341. The summed E-state index contributed by atoms with van der Waals surface area (Å²) in [5, 5.41) is 2.70. The number of rotatable bonds is 2. The standard InChI is InChI=1S/C16H18N2O3.H2/c1-9(2)11-5-7-12-14(8-11)21-16(20)18(12)13-6-4-10(3)17-15(13)19;/h5,7-9,13H,3-4,6H2,1-2H3,(H,17,19);1H/t13-;/m0./s1. The molecule has 5 heteroatoms. The van der Waals surface area contributed by atoms with E-state index in [-0.39, 0.29) is 7.33 Å². The van der Waals surface area contributed by atoms with Gasteiger partial charge in [0.1, 0.15) is 6.04 Å². The van der Waals surface area contributed by atoms with Gasteiger partial charge in [-0.05, 0) is 36.5 Å². The zero-order valence-corrected chi connectivity index (χ0v) is 12.2. The molecule has 0 unspecified atom stereocenters. The van der Waals surface area contributed by atoms with E-state index >= 15 is 0 Å². The molecule has 1 aliphatic heterocycles.